The molecule has 0 aliphatic carbocycles. The van der Waals surface area contributed by atoms with Crippen molar-refractivity contribution in [2.45, 2.75) is 45.2 Å². The van der Waals surface area contributed by atoms with E-state index in [0.717, 1.165) is 19.5 Å². The van der Waals surface area contributed by atoms with Gasteiger partial charge in [0.1, 0.15) is 6.67 Å². The first-order valence-electron chi connectivity index (χ1n) is 5.85. The number of halogens is 1. The molecule has 0 bridgehead atoms. The van der Waals surface area contributed by atoms with E-state index in [-0.39, 0.29) is 6.67 Å². The Morgan fingerprint density at radius 1 is 1.43 bits per heavy atom. The lowest BCUT2D eigenvalue weighted by molar-refractivity contribution is 0.115. The fourth-order valence-electron chi connectivity index (χ4n) is 2.26. The van der Waals surface area contributed by atoms with Gasteiger partial charge in [-0.2, -0.15) is 0 Å². The minimum Gasteiger partial charge on any atom is -0.311 e. The molecule has 1 saturated heterocycles. The average molecular weight is 202 g/mol. The van der Waals surface area contributed by atoms with Crippen LogP contribution in [0.4, 0.5) is 4.39 Å². The van der Waals surface area contributed by atoms with Crippen molar-refractivity contribution < 1.29 is 4.39 Å². The van der Waals surface area contributed by atoms with E-state index in [0.29, 0.717) is 18.6 Å². The van der Waals surface area contributed by atoms with Crippen molar-refractivity contribution in [1.29, 1.82) is 0 Å². The van der Waals surface area contributed by atoms with Crippen LogP contribution in [-0.4, -0.2) is 43.3 Å². The number of nitrogens with one attached hydrogen (secondary N) is 1. The molecule has 1 rings (SSSR count). The van der Waals surface area contributed by atoms with Crippen LogP contribution < -0.4 is 5.32 Å². The van der Waals surface area contributed by atoms with Gasteiger partial charge in [0.25, 0.3) is 0 Å². The second-order valence-corrected chi connectivity index (χ2v) is 4.14. The van der Waals surface area contributed by atoms with Gasteiger partial charge in [-0.05, 0) is 12.8 Å². The average Bonchev–Trinajstić information content (AvgIpc) is 2.19. The van der Waals surface area contributed by atoms with Gasteiger partial charge in [0.15, 0.2) is 0 Å². The molecule has 0 saturated carbocycles. The van der Waals surface area contributed by atoms with E-state index in [1.165, 1.54) is 12.8 Å². The Labute approximate surface area is 86.9 Å². The third-order valence-electron chi connectivity index (χ3n) is 3.09. The Bertz CT molecular complexity index is 152. The molecule has 0 radical (unpaired) electrons. The lowest BCUT2D eigenvalue weighted by atomic mass is 10.0. The first-order valence-corrected chi connectivity index (χ1v) is 5.85. The number of nitrogens with zero attached hydrogens (tertiary/aromatic N) is 1. The van der Waals surface area contributed by atoms with Gasteiger partial charge in [-0.3, -0.25) is 4.90 Å². The highest BCUT2D eigenvalue weighted by molar-refractivity contribution is 4.84. The lowest BCUT2D eigenvalue weighted by Gasteiger charge is -2.39. The predicted octanol–water partition coefficient (Wildman–Crippen LogP) is 1.81. The summed E-state index contributed by atoms with van der Waals surface area (Å²) < 4.78 is 12.3. The molecule has 3 heteroatoms. The van der Waals surface area contributed by atoms with E-state index in [9.17, 15) is 4.39 Å². The van der Waals surface area contributed by atoms with E-state index in [4.69, 9.17) is 0 Å². The molecule has 1 fully saturated rings. The summed E-state index contributed by atoms with van der Waals surface area (Å²) in [5, 5.41) is 3.55. The minimum atomic E-state index is -0.213. The van der Waals surface area contributed by atoms with Gasteiger partial charge in [0.05, 0.1) is 0 Å². The first kappa shape index (κ1) is 11.9. The fraction of sp³-hybridized carbons (Fsp3) is 1.00. The van der Waals surface area contributed by atoms with E-state index in [1.54, 1.807) is 0 Å². The zero-order valence-electron chi connectivity index (χ0n) is 9.43. The molecule has 1 heterocycles. The highest BCUT2D eigenvalue weighted by Gasteiger charge is 2.25. The molecule has 2 nitrogen and oxygen atoms in total. The molecule has 1 N–H and O–H groups in total. The summed E-state index contributed by atoms with van der Waals surface area (Å²) in [5.74, 6) is 0. The molecular weight excluding hydrogens is 179 g/mol. The lowest BCUT2D eigenvalue weighted by Crippen LogP contribution is -2.56. The largest absolute Gasteiger partial charge is 0.311 e. The van der Waals surface area contributed by atoms with Crippen molar-refractivity contribution in [2.24, 2.45) is 0 Å². The molecule has 0 spiro atoms. The van der Waals surface area contributed by atoms with Gasteiger partial charge >= 0.3 is 0 Å². The third-order valence-corrected chi connectivity index (χ3v) is 3.09. The predicted molar refractivity (Wildman–Crippen MR) is 58.3 cm³/mol. The molecule has 1 aliphatic rings. The third kappa shape index (κ3) is 3.21. The van der Waals surface area contributed by atoms with Crippen molar-refractivity contribution in [1.82, 2.24) is 10.2 Å². The van der Waals surface area contributed by atoms with Crippen molar-refractivity contribution in [2.75, 3.05) is 26.3 Å². The molecule has 2 unspecified atom stereocenters. The molecule has 0 amide bonds. The molecule has 0 aromatic heterocycles. The van der Waals surface area contributed by atoms with Gasteiger partial charge in [0, 0.05) is 31.7 Å². The Morgan fingerprint density at radius 3 is 2.79 bits per heavy atom. The first-order chi connectivity index (χ1) is 6.81. The van der Waals surface area contributed by atoms with Gasteiger partial charge in [0.2, 0.25) is 0 Å². The second-order valence-electron chi connectivity index (χ2n) is 4.14. The van der Waals surface area contributed by atoms with E-state index < -0.39 is 0 Å². The van der Waals surface area contributed by atoms with Crippen molar-refractivity contribution >= 4 is 0 Å². The van der Waals surface area contributed by atoms with Crippen molar-refractivity contribution in [3.8, 4) is 0 Å². The maximum Gasteiger partial charge on any atom is 0.102 e. The van der Waals surface area contributed by atoms with Crippen LogP contribution in [0.3, 0.4) is 0 Å². The van der Waals surface area contributed by atoms with Crippen LogP contribution in [0.2, 0.25) is 0 Å². The Morgan fingerprint density at radius 2 is 2.21 bits per heavy atom. The summed E-state index contributed by atoms with van der Waals surface area (Å²) in [6.07, 6.45) is 3.53. The number of rotatable bonds is 5. The molecular formula is C11H23FN2. The molecule has 84 valence electrons. The Balaban J connectivity index is 2.39. The normalized spacial score (nSPS) is 29.4. The SMILES string of the molecule is CCCC1CN(CCF)C(CC)CN1. The van der Waals surface area contributed by atoms with E-state index in [2.05, 4.69) is 24.1 Å². The van der Waals surface area contributed by atoms with E-state index >= 15 is 0 Å². The molecule has 0 aromatic rings. The van der Waals surface area contributed by atoms with E-state index in [1.807, 2.05) is 0 Å². The summed E-state index contributed by atoms with van der Waals surface area (Å²) in [6, 6.07) is 1.12. The zero-order chi connectivity index (χ0) is 10.4. The van der Waals surface area contributed by atoms with Gasteiger partial charge in [-0.1, -0.05) is 20.3 Å². The molecule has 1 aliphatic heterocycles. The maximum atomic E-state index is 12.3. The topological polar surface area (TPSA) is 15.3 Å². The number of piperazine rings is 1. The van der Waals surface area contributed by atoms with Gasteiger partial charge in [-0.25, -0.2) is 4.39 Å². The summed E-state index contributed by atoms with van der Waals surface area (Å²) in [4.78, 5) is 2.30. The van der Waals surface area contributed by atoms with Crippen LogP contribution in [0.15, 0.2) is 0 Å². The summed E-state index contributed by atoms with van der Waals surface area (Å²) in [7, 11) is 0. The summed E-state index contributed by atoms with van der Waals surface area (Å²) in [5.41, 5.74) is 0. The van der Waals surface area contributed by atoms with Gasteiger partial charge < -0.3 is 5.32 Å². The summed E-state index contributed by atoms with van der Waals surface area (Å²) in [6.45, 7) is 6.83. The smallest absolute Gasteiger partial charge is 0.102 e. The quantitative estimate of drug-likeness (QED) is 0.731. The Kier molecular flexibility index (Phi) is 5.41. The molecule has 0 aromatic carbocycles. The zero-order valence-corrected chi connectivity index (χ0v) is 9.43. The highest BCUT2D eigenvalue weighted by Crippen LogP contribution is 2.12. The van der Waals surface area contributed by atoms with Crippen LogP contribution in [0.25, 0.3) is 0 Å². The molecule has 2 atom stereocenters. The number of hydrogen-bond acceptors (Lipinski definition) is 2. The van der Waals surface area contributed by atoms with Crippen LogP contribution in [0.5, 0.6) is 0 Å². The van der Waals surface area contributed by atoms with Crippen LogP contribution in [0.1, 0.15) is 33.1 Å². The summed E-state index contributed by atoms with van der Waals surface area (Å²) >= 11 is 0. The standard InChI is InChI=1S/C11H23FN2/c1-3-5-10-9-14(7-6-12)11(4-2)8-13-10/h10-11,13H,3-9H2,1-2H3. The highest BCUT2D eigenvalue weighted by atomic mass is 19.1. The monoisotopic (exact) mass is 202 g/mol. The van der Waals surface area contributed by atoms with Crippen LogP contribution in [-0.2, 0) is 0 Å². The molecule has 14 heavy (non-hydrogen) atoms. The fourth-order valence-corrected chi connectivity index (χ4v) is 2.26. The number of alkyl halides is 1. The van der Waals surface area contributed by atoms with Gasteiger partial charge in [-0.15, -0.1) is 0 Å². The minimum absolute atomic E-state index is 0.213. The van der Waals surface area contributed by atoms with Crippen LogP contribution in [0, 0.1) is 0 Å². The maximum absolute atomic E-state index is 12.3. The number of hydrogen-bond donors (Lipinski definition) is 1. The van der Waals surface area contributed by atoms with Crippen molar-refractivity contribution in [3.63, 3.8) is 0 Å². The second kappa shape index (κ2) is 6.36. The Hall–Kier alpha value is -0.150. The van der Waals surface area contributed by atoms with Crippen LogP contribution >= 0.6 is 0 Å². The van der Waals surface area contributed by atoms with Crippen molar-refractivity contribution in [3.05, 3.63) is 0 Å².